The molecular formula is C15H22N4O. The number of rotatable bonds is 3. The molecule has 1 aliphatic heterocycles. The lowest BCUT2D eigenvalue weighted by molar-refractivity contribution is -0.122. The molecule has 0 spiro atoms. The van der Waals surface area contributed by atoms with E-state index in [1.807, 2.05) is 12.1 Å². The summed E-state index contributed by atoms with van der Waals surface area (Å²) in [4.78, 5) is 14.1. The zero-order chi connectivity index (χ0) is 13.8. The zero-order valence-electron chi connectivity index (χ0n) is 11.8. The van der Waals surface area contributed by atoms with Gasteiger partial charge in [-0.25, -0.2) is 0 Å². The molecular weight excluding hydrogens is 252 g/mol. The third kappa shape index (κ3) is 3.08. The third-order valence-corrected chi connectivity index (χ3v) is 4.31. The predicted molar refractivity (Wildman–Crippen MR) is 78.7 cm³/mol. The van der Waals surface area contributed by atoms with Crippen molar-refractivity contribution in [1.82, 2.24) is 10.2 Å². The summed E-state index contributed by atoms with van der Waals surface area (Å²) in [5.41, 5.74) is 0. The van der Waals surface area contributed by atoms with Crippen molar-refractivity contribution in [3.8, 4) is 0 Å². The SMILES string of the molecule is O=C(Nc1ccc(N2CCCCCC2)nn1)C1CCC1. The third-order valence-electron chi connectivity index (χ3n) is 4.31. The number of carbonyl (C=O) groups excluding carboxylic acids is 1. The van der Waals surface area contributed by atoms with E-state index in [9.17, 15) is 4.79 Å². The molecule has 0 radical (unpaired) electrons. The first kappa shape index (κ1) is 13.3. The average Bonchev–Trinajstić information content (AvgIpc) is 2.66. The normalized spacial score (nSPS) is 20.1. The van der Waals surface area contributed by atoms with Crippen LogP contribution in [0.4, 0.5) is 11.6 Å². The molecule has 5 heteroatoms. The van der Waals surface area contributed by atoms with Gasteiger partial charge in [-0.15, -0.1) is 10.2 Å². The van der Waals surface area contributed by atoms with Gasteiger partial charge in [0.15, 0.2) is 11.6 Å². The van der Waals surface area contributed by atoms with Gasteiger partial charge in [0.2, 0.25) is 5.91 Å². The van der Waals surface area contributed by atoms with Gasteiger partial charge in [-0.2, -0.15) is 0 Å². The summed E-state index contributed by atoms with van der Waals surface area (Å²) >= 11 is 0. The van der Waals surface area contributed by atoms with E-state index in [1.165, 1.54) is 25.7 Å². The summed E-state index contributed by atoms with van der Waals surface area (Å²) in [6, 6.07) is 3.83. The molecule has 2 aliphatic rings. The van der Waals surface area contributed by atoms with E-state index in [0.717, 1.165) is 38.2 Å². The first-order valence-corrected chi connectivity index (χ1v) is 7.72. The van der Waals surface area contributed by atoms with Gasteiger partial charge in [0.1, 0.15) is 0 Å². The maximum Gasteiger partial charge on any atom is 0.228 e. The van der Waals surface area contributed by atoms with Gasteiger partial charge in [0.05, 0.1) is 0 Å². The van der Waals surface area contributed by atoms with Crippen LogP contribution >= 0.6 is 0 Å². The highest BCUT2D eigenvalue weighted by atomic mass is 16.2. The summed E-state index contributed by atoms with van der Waals surface area (Å²) in [6.07, 6.45) is 8.23. The molecule has 2 heterocycles. The van der Waals surface area contributed by atoms with Gasteiger partial charge in [-0.1, -0.05) is 19.3 Å². The molecule has 1 amide bonds. The van der Waals surface area contributed by atoms with Gasteiger partial charge in [0, 0.05) is 19.0 Å². The second-order valence-electron chi connectivity index (χ2n) is 5.80. The van der Waals surface area contributed by atoms with Gasteiger partial charge in [-0.05, 0) is 37.8 Å². The minimum atomic E-state index is 0.0908. The standard InChI is InChI=1S/C15H22N4O/c20-15(12-6-5-7-12)16-13-8-9-14(18-17-13)19-10-3-1-2-4-11-19/h8-9,12H,1-7,10-11H2,(H,16,17,20). The highest BCUT2D eigenvalue weighted by Gasteiger charge is 2.25. The molecule has 1 aromatic heterocycles. The van der Waals surface area contributed by atoms with Crippen molar-refractivity contribution in [3.05, 3.63) is 12.1 Å². The van der Waals surface area contributed by atoms with Crippen molar-refractivity contribution in [3.63, 3.8) is 0 Å². The fraction of sp³-hybridized carbons (Fsp3) is 0.667. The summed E-state index contributed by atoms with van der Waals surface area (Å²) in [5, 5.41) is 11.3. The Morgan fingerprint density at radius 1 is 1.05 bits per heavy atom. The van der Waals surface area contributed by atoms with Crippen molar-refractivity contribution in [1.29, 1.82) is 0 Å². The molecule has 20 heavy (non-hydrogen) atoms. The number of anilines is 2. The lowest BCUT2D eigenvalue weighted by Crippen LogP contribution is -2.29. The number of aromatic nitrogens is 2. The van der Waals surface area contributed by atoms with Crippen LogP contribution in [-0.4, -0.2) is 29.2 Å². The minimum absolute atomic E-state index is 0.0908. The van der Waals surface area contributed by atoms with Crippen LogP contribution in [-0.2, 0) is 4.79 Å². The Balaban J connectivity index is 1.59. The Kier molecular flexibility index (Phi) is 4.14. The zero-order valence-corrected chi connectivity index (χ0v) is 11.8. The molecule has 1 aliphatic carbocycles. The number of amides is 1. The maximum atomic E-state index is 11.8. The van der Waals surface area contributed by atoms with Crippen LogP contribution in [0, 0.1) is 5.92 Å². The Hall–Kier alpha value is -1.65. The van der Waals surface area contributed by atoms with E-state index in [-0.39, 0.29) is 11.8 Å². The molecule has 0 unspecified atom stereocenters. The number of nitrogens with one attached hydrogen (secondary N) is 1. The Bertz CT molecular complexity index is 447. The second kappa shape index (κ2) is 6.20. The summed E-state index contributed by atoms with van der Waals surface area (Å²) < 4.78 is 0. The van der Waals surface area contributed by atoms with E-state index >= 15 is 0 Å². The molecule has 0 bridgehead atoms. The smallest absolute Gasteiger partial charge is 0.228 e. The molecule has 0 atom stereocenters. The van der Waals surface area contributed by atoms with Crippen molar-refractivity contribution >= 4 is 17.5 Å². The van der Waals surface area contributed by atoms with Crippen LogP contribution in [0.2, 0.25) is 0 Å². The van der Waals surface area contributed by atoms with Crippen molar-refractivity contribution < 1.29 is 4.79 Å². The lowest BCUT2D eigenvalue weighted by atomic mass is 9.85. The van der Waals surface area contributed by atoms with Crippen molar-refractivity contribution in [2.45, 2.75) is 44.9 Å². The minimum Gasteiger partial charge on any atom is -0.355 e. The predicted octanol–water partition coefficient (Wildman–Crippen LogP) is 2.60. The fourth-order valence-electron chi connectivity index (χ4n) is 2.76. The maximum absolute atomic E-state index is 11.8. The average molecular weight is 274 g/mol. The first-order chi connectivity index (χ1) is 9.83. The van der Waals surface area contributed by atoms with E-state index in [4.69, 9.17) is 0 Å². The molecule has 108 valence electrons. The quantitative estimate of drug-likeness (QED) is 0.920. The van der Waals surface area contributed by atoms with E-state index in [1.54, 1.807) is 0 Å². The highest BCUT2D eigenvalue weighted by Crippen LogP contribution is 2.27. The molecule has 5 nitrogen and oxygen atoms in total. The Morgan fingerprint density at radius 2 is 1.80 bits per heavy atom. The summed E-state index contributed by atoms with van der Waals surface area (Å²) in [7, 11) is 0. The number of nitrogens with zero attached hydrogens (tertiary/aromatic N) is 3. The largest absolute Gasteiger partial charge is 0.355 e. The number of hydrogen-bond donors (Lipinski definition) is 1. The number of carbonyl (C=O) groups is 1. The molecule has 0 aromatic carbocycles. The molecule has 1 N–H and O–H groups in total. The van der Waals surface area contributed by atoms with Gasteiger partial charge in [0.25, 0.3) is 0 Å². The monoisotopic (exact) mass is 274 g/mol. The van der Waals surface area contributed by atoms with Gasteiger partial charge >= 0.3 is 0 Å². The lowest BCUT2D eigenvalue weighted by Gasteiger charge is -2.24. The Labute approximate surface area is 119 Å². The van der Waals surface area contributed by atoms with E-state index in [2.05, 4.69) is 20.4 Å². The van der Waals surface area contributed by atoms with E-state index in [0.29, 0.717) is 5.82 Å². The molecule has 1 aromatic rings. The van der Waals surface area contributed by atoms with Crippen LogP contribution < -0.4 is 10.2 Å². The van der Waals surface area contributed by atoms with Crippen LogP contribution in [0.1, 0.15) is 44.9 Å². The molecule has 2 fully saturated rings. The van der Waals surface area contributed by atoms with Gasteiger partial charge in [-0.3, -0.25) is 4.79 Å². The molecule has 1 saturated heterocycles. The summed E-state index contributed by atoms with van der Waals surface area (Å²) in [6.45, 7) is 2.12. The second-order valence-corrected chi connectivity index (χ2v) is 5.80. The Morgan fingerprint density at radius 3 is 2.35 bits per heavy atom. The summed E-state index contributed by atoms with van der Waals surface area (Å²) in [5.74, 6) is 1.77. The highest BCUT2D eigenvalue weighted by molar-refractivity contribution is 5.92. The van der Waals surface area contributed by atoms with Gasteiger partial charge < -0.3 is 10.2 Å². The van der Waals surface area contributed by atoms with Crippen LogP contribution in [0.3, 0.4) is 0 Å². The number of hydrogen-bond acceptors (Lipinski definition) is 4. The molecule has 1 saturated carbocycles. The van der Waals surface area contributed by atoms with Crippen LogP contribution in [0.25, 0.3) is 0 Å². The molecule has 3 rings (SSSR count). The fourth-order valence-corrected chi connectivity index (χ4v) is 2.76. The first-order valence-electron chi connectivity index (χ1n) is 7.72. The van der Waals surface area contributed by atoms with Crippen LogP contribution in [0.15, 0.2) is 12.1 Å². The topological polar surface area (TPSA) is 58.1 Å². The van der Waals surface area contributed by atoms with Crippen molar-refractivity contribution in [2.75, 3.05) is 23.3 Å². The van der Waals surface area contributed by atoms with Crippen molar-refractivity contribution in [2.24, 2.45) is 5.92 Å². The van der Waals surface area contributed by atoms with E-state index < -0.39 is 0 Å². The van der Waals surface area contributed by atoms with Crippen LogP contribution in [0.5, 0.6) is 0 Å².